The molecule has 0 spiro atoms. The standard InChI is InChI=1S/C17H14F2N6O3S/c18-13-2-1-3-14(19)12(13)8-9-15(26)25-16(20)23-17(24-25)22-10-4-6-11(7-5-10)29(21,27)28/h1-9H,(H2,21,27,28)(H3,20,22,23,24)/b9-8+. The number of sulfonamides is 1. The van der Waals surface area contributed by atoms with Gasteiger partial charge in [-0.15, -0.1) is 5.10 Å². The molecule has 0 radical (unpaired) electrons. The maximum atomic E-state index is 13.6. The number of halogens is 2. The first-order chi connectivity index (χ1) is 13.6. The number of allylic oxidation sites excluding steroid dienone is 1. The molecule has 3 aromatic rings. The predicted octanol–water partition coefficient (Wildman–Crippen LogP) is 1.88. The number of hydrogen-bond donors (Lipinski definition) is 3. The molecule has 0 aliphatic carbocycles. The van der Waals surface area contributed by atoms with Crippen LogP contribution in [0, 0.1) is 11.6 Å². The highest BCUT2D eigenvalue weighted by Gasteiger charge is 2.13. The highest BCUT2D eigenvalue weighted by molar-refractivity contribution is 7.89. The second-order valence-electron chi connectivity index (χ2n) is 5.71. The third-order valence-corrected chi connectivity index (χ3v) is 4.60. The molecule has 3 rings (SSSR count). The largest absolute Gasteiger partial charge is 0.368 e. The highest BCUT2D eigenvalue weighted by Crippen LogP contribution is 2.18. The monoisotopic (exact) mass is 420 g/mol. The number of nitrogen functional groups attached to an aromatic ring is 1. The number of hydrogen-bond acceptors (Lipinski definition) is 7. The number of nitrogens with two attached hydrogens (primary N) is 2. The highest BCUT2D eigenvalue weighted by atomic mass is 32.2. The topological polar surface area (TPSA) is 146 Å². The van der Waals surface area contributed by atoms with Crippen LogP contribution in [-0.2, 0) is 10.0 Å². The minimum Gasteiger partial charge on any atom is -0.368 e. The maximum Gasteiger partial charge on any atom is 0.274 e. The summed E-state index contributed by atoms with van der Waals surface area (Å²) in [4.78, 5) is 16.0. The summed E-state index contributed by atoms with van der Waals surface area (Å²) < 4.78 is 50.5. The van der Waals surface area contributed by atoms with Gasteiger partial charge in [0, 0.05) is 17.3 Å². The fourth-order valence-corrected chi connectivity index (χ4v) is 2.81. The van der Waals surface area contributed by atoms with E-state index in [0.29, 0.717) is 5.69 Å². The van der Waals surface area contributed by atoms with E-state index in [9.17, 15) is 22.0 Å². The zero-order valence-corrected chi connectivity index (χ0v) is 15.4. The van der Waals surface area contributed by atoms with Crippen molar-refractivity contribution in [3.8, 4) is 0 Å². The molecule has 12 heteroatoms. The first kappa shape index (κ1) is 20.1. The number of rotatable bonds is 5. The van der Waals surface area contributed by atoms with Crippen molar-refractivity contribution in [2.24, 2.45) is 5.14 Å². The van der Waals surface area contributed by atoms with Gasteiger partial charge in [-0.05, 0) is 42.5 Å². The zero-order valence-electron chi connectivity index (χ0n) is 14.6. The average molecular weight is 420 g/mol. The Kier molecular flexibility index (Phi) is 5.39. The lowest BCUT2D eigenvalue weighted by Crippen LogP contribution is -2.13. The Hall–Kier alpha value is -3.64. The van der Waals surface area contributed by atoms with Crippen LogP contribution in [0.3, 0.4) is 0 Å². The van der Waals surface area contributed by atoms with Crippen molar-refractivity contribution >= 4 is 39.6 Å². The van der Waals surface area contributed by atoms with Crippen molar-refractivity contribution in [2.75, 3.05) is 11.1 Å². The molecular weight excluding hydrogens is 406 g/mol. The molecule has 0 unspecified atom stereocenters. The van der Waals surface area contributed by atoms with Gasteiger partial charge in [-0.3, -0.25) is 4.79 Å². The number of nitrogens with zero attached hydrogens (tertiary/aromatic N) is 3. The Balaban J connectivity index is 1.78. The van der Waals surface area contributed by atoms with Crippen LogP contribution in [0.4, 0.5) is 26.4 Å². The third-order valence-electron chi connectivity index (χ3n) is 3.67. The van der Waals surface area contributed by atoms with Crippen LogP contribution in [0.25, 0.3) is 6.08 Å². The molecule has 9 nitrogen and oxygen atoms in total. The van der Waals surface area contributed by atoms with Crippen LogP contribution in [0.15, 0.2) is 53.4 Å². The van der Waals surface area contributed by atoms with Crippen molar-refractivity contribution in [2.45, 2.75) is 4.90 Å². The molecule has 1 aromatic heterocycles. The number of carbonyl (C=O) groups excluding carboxylic acids is 1. The van der Waals surface area contributed by atoms with Crippen LogP contribution < -0.4 is 16.2 Å². The van der Waals surface area contributed by atoms with Crippen LogP contribution in [0.2, 0.25) is 0 Å². The fourth-order valence-electron chi connectivity index (χ4n) is 2.29. The molecule has 0 amide bonds. The lowest BCUT2D eigenvalue weighted by atomic mass is 10.2. The summed E-state index contributed by atoms with van der Waals surface area (Å²) in [7, 11) is -3.83. The number of benzene rings is 2. The minimum atomic E-state index is -3.83. The van der Waals surface area contributed by atoms with E-state index in [1.165, 1.54) is 30.3 Å². The van der Waals surface area contributed by atoms with Crippen molar-refractivity contribution in [3.05, 3.63) is 65.7 Å². The number of primary sulfonamides is 1. The summed E-state index contributed by atoms with van der Waals surface area (Å²) >= 11 is 0. The van der Waals surface area contributed by atoms with E-state index in [0.717, 1.165) is 29.0 Å². The Morgan fingerprint density at radius 2 is 1.72 bits per heavy atom. The average Bonchev–Trinajstić information content (AvgIpc) is 3.01. The first-order valence-corrected chi connectivity index (χ1v) is 9.48. The van der Waals surface area contributed by atoms with Crippen molar-refractivity contribution < 1.29 is 22.0 Å². The molecule has 0 fully saturated rings. The van der Waals surface area contributed by atoms with Gasteiger partial charge < -0.3 is 11.1 Å². The summed E-state index contributed by atoms with van der Waals surface area (Å²) in [6.07, 6.45) is 1.87. The Morgan fingerprint density at radius 1 is 1.10 bits per heavy atom. The van der Waals surface area contributed by atoms with Gasteiger partial charge in [0.05, 0.1) is 4.90 Å². The maximum absolute atomic E-state index is 13.6. The first-order valence-electron chi connectivity index (χ1n) is 7.94. The molecule has 150 valence electrons. The van der Waals surface area contributed by atoms with E-state index in [4.69, 9.17) is 10.9 Å². The molecule has 2 aromatic carbocycles. The second kappa shape index (κ2) is 7.77. The molecule has 0 atom stereocenters. The van der Waals surface area contributed by atoms with Crippen molar-refractivity contribution in [3.63, 3.8) is 0 Å². The van der Waals surface area contributed by atoms with Crippen molar-refractivity contribution in [1.29, 1.82) is 0 Å². The molecular formula is C17H14F2N6O3S. The summed E-state index contributed by atoms with van der Waals surface area (Å²) in [6.45, 7) is 0. The van der Waals surface area contributed by atoms with Gasteiger partial charge in [-0.2, -0.15) is 9.67 Å². The lowest BCUT2D eigenvalue weighted by Gasteiger charge is -2.02. The predicted molar refractivity (Wildman–Crippen MR) is 102 cm³/mol. The Morgan fingerprint density at radius 3 is 2.31 bits per heavy atom. The second-order valence-corrected chi connectivity index (χ2v) is 7.27. The Bertz CT molecular complexity index is 1190. The minimum absolute atomic E-state index is 0.0512. The summed E-state index contributed by atoms with van der Waals surface area (Å²) in [5.74, 6) is -2.76. The normalized spacial score (nSPS) is 11.7. The van der Waals surface area contributed by atoms with Gasteiger partial charge >= 0.3 is 0 Å². The van der Waals surface area contributed by atoms with E-state index >= 15 is 0 Å². The van der Waals surface area contributed by atoms with Gasteiger partial charge in [0.2, 0.25) is 21.9 Å². The third kappa shape index (κ3) is 4.62. The number of nitrogens with one attached hydrogen (secondary N) is 1. The smallest absolute Gasteiger partial charge is 0.274 e. The van der Waals surface area contributed by atoms with Gasteiger partial charge in [0.15, 0.2) is 0 Å². The molecule has 0 bridgehead atoms. The van der Waals surface area contributed by atoms with E-state index in [-0.39, 0.29) is 22.4 Å². The molecule has 0 saturated carbocycles. The fraction of sp³-hybridized carbons (Fsp3) is 0. The summed E-state index contributed by atoms with van der Waals surface area (Å²) in [5, 5.41) is 11.6. The van der Waals surface area contributed by atoms with Crippen LogP contribution >= 0.6 is 0 Å². The number of anilines is 3. The van der Waals surface area contributed by atoms with E-state index in [1.54, 1.807) is 0 Å². The quantitative estimate of drug-likeness (QED) is 0.534. The molecule has 29 heavy (non-hydrogen) atoms. The van der Waals surface area contributed by atoms with Crippen LogP contribution in [-0.4, -0.2) is 29.1 Å². The molecule has 5 N–H and O–H groups in total. The van der Waals surface area contributed by atoms with Gasteiger partial charge in [0.1, 0.15) is 11.6 Å². The summed E-state index contributed by atoms with van der Waals surface area (Å²) in [5.41, 5.74) is 5.68. The van der Waals surface area contributed by atoms with Gasteiger partial charge in [-0.1, -0.05) is 6.07 Å². The molecule has 0 aliphatic heterocycles. The van der Waals surface area contributed by atoms with Crippen molar-refractivity contribution in [1.82, 2.24) is 14.8 Å². The van der Waals surface area contributed by atoms with Gasteiger partial charge in [-0.25, -0.2) is 22.3 Å². The van der Waals surface area contributed by atoms with Crippen LogP contribution in [0.1, 0.15) is 10.4 Å². The molecule has 1 heterocycles. The lowest BCUT2D eigenvalue weighted by molar-refractivity contribution is 0.0958. The summed E-state index contributed by atoms with van der Waals surface area (Å²) in [6, 6.07) is 8.69. The SMILES string of the molecule is Nc1nc(Nc2ccc(S(N)(=O)=O)cc2)nn1C(=O)/C=C/c1c(F)cccc1F. The van der Waals surface area contributed by atoms with E-state index in [2.05, 4.69) is 15.4 Å². The Labute approximate surface area is 163 Å². The van der Waals surface area contributed by atoms with Crippen LogP contribution in [0.5, 0.6) is 0 Å². The van der Waals surface area contributed by atoms with E-state index in [1.807, 2.05) is 0 Å². The molecule has 0 saturated heterocycles. The van der Waals surface area contributed by atoms with Gasteiger partial charge in [0.25, 0.3) is 5.91 Å². The van der Waals surface area contributed by atoms with E-state index < -0.39 is 27.6 Å². The number of carbonyl (C=O) groups is 1. The zero-order chi connectivity index (χ0) is 21.2. The number of aromatic nitrogens is 3. The molecule has 0 aliphatic rings.